The van der Waals surface area contributed by atoms with Gasteiger partial charge in [0.1, 0.15) is 5.50 Å². The maximum atomic E-state index is 13.3. The van der Waals surface area contributed by atoms with Crippen LogP contribution in [0.3, 0.4) is 0 Å². The molecule has 0 spiro atoms. The highest BCUT2D eigenvalue weighted by molar-refractivity contribution is 8.00. The molecule has 7 heteroatoms. The monoisotopic (exact) mass is 424 g/mol. The van der Waals surface area contributed by atoms with E-state index in [0.29, 0.717) is 34.5 Å². The molecule has 0 radical (unpaired) electrons. The van der Waals surface area contributed by atoms with Gasteiger partial charge in [-0.2, -0.15) is 0 Å². The number of amides is 1. The van der Waals surface area contributed by atoms with Gasteiger partial charge >= 0.3 is 0 Å². The molecular formula is C22H40N4O2S. The highest BCUT2D eigenvalue weighted by Crippen LogP contribution is 2.46. The molecule has 4 fully saturated rings. The van der Waals surface area contributed by atoms with Crippen LogP contribution in [0, 0.1) is 23.7 Å². The number of nitrogens with one attached hydrogen (secondary N) is 2. The van der Waals surface area contributed by atoms with Gasteiger partial charge in [-0.1, -0.05) is 13.3 Å². The number of likely N-dealkylation sites (tertiary alicyclic amines) is 1. The van der Waals surface area contributed by atoms with E-state index in [0.717, 1.165) is 45.3 Å². The van der Waals surface area contributed by atoms with Crippen molar-refractivity contribution in [2.24, 2.45) is 23.7 Å². The summed E-state index contributed by atoms with van der Waals surface area (Å²) >= 11 is 2.01. The lowest BCUT2D eigenvalue weighted by Crippen LogP contribution is -2.43. The number of fused-ring (bicyclic) bond motifs is 1. The second-order valence-electron chi connectivity index (χ2n) is 10.5. The Hall–Kier alpha value is -0.340. The fourth-order valence-corrected chi connectivity index (χ4v) is 7.40. The second kappa shape index (κ2) is 8.65. The molecule has 7 unspecified atom stereocenters. The second-order valence-corrected chi connectivity index (χ2v) is 12.0. The van der Waals surface area contributed by atoms with Gasteiger partial charge < -0.3 is 10.0 Å². The summed E-state index contributed by atoms with van der Waals surface area (Å²) in [4.78, 5) is 17.9. The molecule has 0 aromatic carbocycles. The van der Waals surface area contributed by atoms with Gasteiger partial charge in [0.2, 0.25) is 5.91 Å². The lowest BCUT2D eigenvalue weighted by Gasteiger charge is -2.38. The molecule has 4 aliphatic rings. The van der Waals surface area contributed by atoms with Crippen molar-refractivity contribution < 1.29 is 9.90 Å². The number of hydrogen-bond acceptors (Lipinski definition) is 6. The summed E-state index contributed by atoms with van der Waals surface area (Å²) in [6, 6.07) is 0.419. The lowest BCUT2D eigenvalue weighted by atomic mass is 9.70. The molecule has 2 saturated heterocycles. The molecule has 0 aromatic rings. The molecule has 166 valence electrons. The van der Waals surface area contributed by atoms with Crippen LogP contribution in [0.25, 0.3) is 0 Å². The molecular weight excluding hydrogens is 384 g/mol. The number of carbonyl (C=O) groups is 1. The molecule has 2 heterocycles. The van der Waals surface area contributed by atoms with Gasteiger partial charge in [-0.25, -0.2) is 10.9 Å². The van der Waals surface area contributed by atoms with E-state index in [4.69, 9.17) is 0 Å². The van der Waals surface area contributed by atoms with E-state index >= 15 is 0 Å². The number of nitrogens with zero attached hydrogens (tertiary/aromatic N) is 2. The number of rotatable bonds is 5. The average molecular weight is 425 g/mol. The quantitative estimate of drug-likeness (QED) is 0.630. The van der Waals surface area contributed by atoms with Gasteiger partial charge in [-0.3, -0.25) is 9.69 Å². The third-order valence-electron chi connectivity index (χ3n) is 8.11. The van der Waals surface area contributed by atoms with Gasteiger partial charge in [0.05, 0.1) is 12.3 Å². The number of thioether (sulfide) groups is 1. The zero-order valence-corrected chi connectivity index (χ0v) is 19.4. The van der Waals surface area contributed by atoms with Gasteiger partial charge in [0, 0.05) is 23.8 Å². The van der Waals surface area contributed by atoms with E-state index in [-0.39, 0.29) is 11.8 Å². The van der Waals surface area contributed by atoms with Crippen molar-refractivity contribution in [1.29, 1.82) is 0 Å². The highest BCUT2D eigenvalue weighted by Gasteiger charge is 2.48. The zero-order valence-electron chi connectivity index (χ0n) is 18.6. The Bertz CT molecular complexity index is 598. The summed E-state index contributed by atoms with van der Waals surface area (Å²) in [6.07, 6.45) is 7.86. The smallest absolute Gasteiger partial charge is 0.226 e. The Morgan fingerprint density at radius 1 is 1.21 bits per heavy atom. The molecule has 7 atom stereocenters. The van der Waals surface area contributed by atoms with E-state index in [9.17, 15) is 9.90 Å². The van der Waals surface area contributed by atoms with Crippen molar-refractivity contribution >= 4 is 17.7 Å². The van der Waals surface area contributed by atoms with Gasteiger partial charge in [-0.05, 0) is 77.2 Å². The summed E-state index contributed by atoms with van der Waals surface area (Å²) in [5.41, 5.74) is 6.23. The summed E-state index contributed by atoms with van der Waals surface area (Å²) in [5.74, 6) is 1.98. The molecule has 0 aromatic heterocycles. The zero-order chi connectivity index (χ0) is 20.8. The van der Waals surface area contributed by atoms with Gasteiger partial charge in [0.25, 0.3) is 0 Å². The van der Waals surface area contributed by atoms with E-state index < -0.39 is 5.60 Å². The molecule has 1 amide bonds. The van der Waals surface area contributed by atoms with Crippen molar-refractivity contribution in [3.8, 4) is 0 Å². The van der Waals surface area contributed by atoms with E-state index in [2.05, 4.69) is 34.6 Å². The molecule has 29 heavy (non-hydrogen) atoms. The summed E-state index contributed by atoms with van der Waals surface area (Å²) in [6.45, 7) is 8.02. The number of aliphatic hydroxyl groups is 1. The number of hydrogen-bond donors (Lipinski definition) is 3. The lowest BCUT2D eigenvalue weighted by molar-refractivity contribution is -0.135. The normalized spacial score (nSPS) is 40.3. The van der Waals surface area contributed by atoms with Crippen LogP contribution in [0.4, 0.5) is 0 Å². The summed E-state index contributed by atoms with van der Waals surface area (Å²) in [7, 11) is 2.15. The van der Waals surface area contributed by atoms with Crippen molar-refractivity contribution in [2.75, 3.05) is 20.3 Å². The molecule has 2 aliphatic carbocycles. The average Bonchev–Trinajstić information content (AvgIpc) is 3.24. The third kappa shape index (κ3) is 4.64. The fourth-order valence-electron chi connectivity index (χ4n) is 6.09. The largest absolute Gasteiger partial charge is 0.390 e. The minimum absolute atomic E-state index is 0.148. The molecule has 3 N–H and O–H groups in total. The minimum atomic E-state index is -0.669. The molecule has 4 rings (SSSR count). The van der Waals surface area contributed by atoms with Crippen LogP contribution in [-0.2, 0) is 4.79 Å². The van der Waals surface area contributed by atoms with Crippen LogP contribution in [0.2, 0.25) is 0 Å². The fraction of sp³-hybridized carbons (Fsp3) is 0.955. The maximum Gasteiger partial charge on any atom is 0.226 e. The van der Waals surface area contributed by atoms with E-state index in [1.54, 1.807) is 0 Å². The minimum Gasteiger partial charge on any atom is -0.390 e. The summed E-state index contributed by atoms with van der Waals surface area (Å²) < 4.78 is 0. The van der Waals surface area contributed by atoms with Crippen LogP contribution >= 0.6 is 11.8 Å². The standard InChI is InChI=1S/C22H40N4O2S/c1-14(29-21-24-23-13-25(21)4)15-6-5-7-18(10-15)26-12-16-8-9-17(22(2,3)28)11-19(16)20(26)27/h14-19,21,23-24,28H,5-13H2,1-4H3. The predicted octanol–water partition coefficient (Wildman–Crippen LogP) is 2.59. The maximum absolute atomic E-state index is 13.3. The third-order valence-corrected chi connectivity index (χ3v) is 9.66. The Morgan fingerprint density at radius 2 is 2.00 bits per heavy atom. The Labute approximate surface area is 180 Å². The van der Waals surface area contributed by atoms with Crippen LogP contribution in [0.5, 0.6) is 0 Å². The van der Waals surface area contributed by atoms with Crippen LogP contribution in [0.15, 0.2) is 0 Å². The Balaban J connectivity index is 1.35. The molecule has 2 aliphatic heterocycles. The SMILES string of the molecule is CC(SC1NNCN1C)C1CCCC(N2CC3CCC(C(C)(C)O)CC3C2=O)C1. The highest BCUT2D eigenvalue weighted by atomic mass is 32.2. The van der Waals surface area contributed by atoms with Crippen LogP contribution in [-0.4, -0.2) is 63.5 Å². The molecule has 6 nitrogen and oxygen atoms in total. The van der Waals surface area contributed by atoms with Crippen molar-refractivity contribution in [3.05, 3.63) is 0 Å². The Kier molecular flexibility index (Phi) is 6.53. The topological polar surface area (TPSA) is 67.8 Å². The summed E-state index contributed by atoms with van der Waals surface area (Å²) in [5, 5.41) is 11.0. The van der Waals surface area contributed by atoms with Crippen molar-refractivity contribution in [3.63, 3.8) is 0 Å². The first-order valence-corrected chi connectivity index (χ1v) is 12.5. The van der Waals surface area contributed by atoms with Crippen molar-refractivity contribution in [1.82, 2.24) is 20.7 Å². The first-order chi connectivity index (χ1) is 13.7. The molecule has 0 bridgehead atoms. The van der Waals surface area contributed by atoms with Crippen molar-refractivity contribution in [2.45, 2.75) is 88.1 Å². The number of carbonyl (C=O) groups excluding carboxylic acids is 1. The first kappa shape index (κ1) is 21.9. The van der Waals surface area contributed by atoms with Crippen LogP contribution in [0.1, 0.15) is 65.7 Å². The van der Waals surface area contributed by atoms with E-state index in [1.807, 2.05) is 25.6 Å². The van der Waals surface area contributed by atoms with Gasteiger partial charge in [0.15, 0.2) is 0 Å². The Morgan fingerprint density at radius 3 is 2.69 bits per heavy atom. The number of hydrazine groups is 1. The van der Waals surface area contributed by atoms with Crippen LogP contribution < -0.4 is 10.9 Å². The predicted molar refractivity (Wildman–Crippen MR) is 118 cm³/mol. The van der Waals surface area contributed by atoms with E-state index in [1.165, 1.54) is 12.8 Å². The first-order valence-electron chi connectivity index (χ1n) is 11.6. The van der Waals surface area contributed by atoms with Gasteiger partial charge in [-0.15, -0.1) is 11.8 Å². The molecule has 2 saturated carbocycles.